The third-order valence-electron chi connectivity index (χ3n) is 3.15. The number of hydrogen-bond acceptors (Lipinski definition) is 6. The first-order valence-corrected chi connectivity index (χ1v) is 7.45. The van der Waals surface area contributed by atoms with Crippen molar-refractivity contribution in [3.8, 4) is 34.5 Å². The van der Waals surface area contributed by atoms with Crippen LogP contribution in [0, 0.1) is 0 Å². The van der Waals surface area contributed by atoms with Gasteiger partial charge in [-0.1, -0.05) is 18.2 Å². The van der Waals surface area contributed by atoms with E-state index >= 15 is 0 Å². The second-order valence-electron chi connectivity index (χ2n) is 5.13. The molecule has 3 aromatic rings. The van der Waals surface area contributed by atoms with Crippen molar-refractivity contribution in [2.45, 2.75) is 0 Å². The van der Waals surface area contributed by atoms with Crippen LogP contribution in [0.3, 0.4) is 0 Å². The Morgan fingerprint density at radius 3 is 1.12 bits per heavy atom. The maximum absolute atomic E-state index is 9.55. The lowest BCUT2D eigenvalue weighted by Crippen LogP contribution is -2.36. The molecule has 0 radical (unpaired) electrons. The normalized spacial score (nSPS) is 10.1. The van der Waals surface area contributed by atoms with E-state index in [-0.39, 0.29) is 17.2 Å². The van der Waals surface area contributed by atoms with Gasteiger partial charge in [0.1, 0.15) is 34.5 Å². The molecule has 0 aliphatic heterocycles. The Balaban J connectivity index is 1.82. The summed E-state index contributed by atoms with van der Waals surface area (Å²) >= 11 is 0. The van der Waals surface area contributed by atoms with Crippen LogP contribution in [0.2, 0.25) is 0 Å². The Morgan fingerprint density at radius 2 is 0.840 bits per heavy atom. The molecule has 0 saturated carbocycles. The molecule has 0 heterocycles. The van der Waals surface area contributed by atoms with Crippen molar-refractivity contribution in [1.82, 2.24) is 0 Å². The van der Waals surface area contributed by atoms with E-state index in [2.05, 4.69) is 0 Å². The van der Waals surface area contributed by atoms with Gasteiger partial charge in [0.15, 0.2) is 0 Å². The van der Waals surface area contributed by atoms with Crippen LogP contribution in [0.15, 0.2) is 72.8 Å². The summed E-state index contributed by atoms with van der Waals surface area (Å²) in [6, 6.07) is 18.5. The summed E-state index contributed by atoms with van der Waals surface area (Å²) in [4.78, 5) is 0. The largest absolute Gasteiger partial charge is 0.864 e. The van der Waals surface area contributed by atoms with Gasteiger partial charge in [0.05, 0.1) is 0 Å². The quantitative estimate of drug-likeness (QED) is 0.598. The minimum atomic E-state index is -1.22. The fraction of sp³-hybridized carbons (Fsp3) is 0. The number of aromatic hydroxyl groups is 3. The van der Waals surface area contributed by atoms with Crippen molar-refractivity contribution in [3.05, 3.63) is 72.8 Å². The van der Waals surface area contributed by atoms with Crippen LogP contribution in [-0.4, -0.2) is 22.6 Å². The number of phenolic OH excluding ortho intramolecular Hbond substituents is 3. The lowest BCUT2D eigenvalue weighted by atomic mass is 10.2. The van der Waals surface area contributed by atoms with E-state index in [0.29, 0.717) is 17.2 Å². The van der Waals surface area contributed by atoms with Crippen molar-refractivity contribution in [2.24, 2.45) is 0 Å². The van der Waals surface area contributed by atoms with Gasteiger partial charge in [-0.25, -0.2) is 0 Å². The zero-order chi connectivity index (χ0) is 17.6. The first-order chi connectivity index (χ1) is 12.1. The van der Waals surface area contributed by atoms with E-state index in [9.17, 15) is 15.3 Å². The highest BCUT2D eigenvalue weighted by atomic mass is 16.7. The Labute approximate surface area is 144 Å². The highest BCUT2D eigenvalue weighted by Crippen LogP contribution is 2.24. The molecule has 0 fully saturated rings. The number of rotatable bonds is 6. The zero-order valence-corrected chi connectivity index (χ0v) is 13.1. The molecule has 3 N–H and O–H groups in total. The lowest BCUT2D eigenvalue weighted by molar-refractivity contribution is 0.305. The fourth-order valence-corrected chi connectivity index (χ4v) is 2.08. The van der Waals surface area contributed by atoms with E-state index in [1.807, 2.05) is 0 Å². The van der Waals surface area contributed by atoms with Gasteiger partial charge < -0.3 is 29.3 Å². The molecule has 25 heavy (non-hydrogen) atoms. The summed E-state index contributed by atoms with van der Waals surface area (Å²) in [6.45, 7) is 0. The van der Waals surface area contributed by atoms with Gasteiger partial charge in [0.25, 0.3) is 0 Å². The monoisotopic (exact) mass is 338 g/mol. The molecule has 0 aromatic heterocycles. The molecular weight excluding hydrogens is 323 g/mol. The molecule has 0 amide bonds. The molecule has 0 saturated heterocycles. The maximum Gasteiger partial charge on any atom is 0.864 e. The van der Waals surface area contributed by atoms with Crippen molar-refractivity contribution < 1.29 is 29.3 Å². The molecule has 126 valence electrons. The Kier molecular flexibility index (Phi) is 4.85. The topological polar surface area (TPSA) is 88.4 Å². The van der Waals surface area contributed by atoms with Crippen molar-refractivity contribution in [3.63, 3.8) is 0 Å². The average Bonchev–Trinajstić information content (AvgIpc) is 2.55. The van der Waals surface area contributed by atoms with E-state index in [1.54, 1.807) is 36.4 Å². The van der Waals surface area contributed by atoms with Crippen LogP contribution < -0.4 is 14.0 Å². The summed E-state index contributed by atoms with van der Waals surface area (Å²) in [7, 11) is -1.22. The van der Waals surface area contributed by atoms with Gasteiger partial charge in [-0.3, -0.25) is 0 Å². The molecule has 0 unspecified atom stereocenters. The Hall–Kier alpha value is -3.48. The first-order valence-electron chi connectivity index (χ1n) is 7.45. The molecule has 7 heteroatoms. The SMILES string of the molecule is Oc1cccc(OB(Oc2cccc(O)c2)Oc2cccc(O)c2)c1. The van der Waals surface area contributed by atoms with Gasteiger partial charge in [-0.2, -0.15) is 0 Å². The van der Waals surface area contributed by atoms with E-state index in [4.69, 9.17) is 14.0 Å². The van der Waals surface area contributed by atoms with Gasteiger partial charge >= 0.3 is 7.32 Å². The zero-order valence-electron chi connectivity index (χ0n) is 13.1. The summed E-state index contributed by atoms with van der Waals surface area (Å²) in [6.07, 6.45) is 0. The Bertz CT molecular complexity index is 741. The molecule has 0 aliphatic carbocycles. The highest BCUT2D eigenvalue weighted by molar-refractivity contribution is 6.39. The van der Waals surface area contributed by atoms with E-state index < -0.39 is 7.32 Å². The van der Waals surface area contributed by atoms with Gasteiger partial charge in [0, 0.05) is 18.2 Å². The molecule has 0 bridgehead atoms. The van der Waals surface area contributed by atoms with Crippen LogP contribution in [-0.2, 0) is 0 Å². The molecule has 3 aromatic carbocycles. The predicted molar refractivity (Wildman–Crippen MR) is 92.0 cm³/mol. The number of phenols is 3. The molecule has 6 nitrogen and oxygen atoms in total. The molecule has 3 rings (SSSR count). The van der Waals surface area contributed by atoms with Crippen LogP contribution >= 0.6 is 0 Å². The minimum Gasteiger partial charge on any atom is -0.508 e. The first kappa shape index (κ1) is 16.4. The van der Waals surface area contributed by atoms with Crippen molar-refractivity contribution >= 4 is 7.32 Å². The fourth-order valence-electron chi connectivity index (χ4n) is 2.08. The number of hydrogen-bond donors (Lipinski definition) is 3. The van der Waals surface area contributed by atoms with Gasteiger partial charge in [0.2, 0.25) is 0 Å². The van der Waals surface area contributed by atoms with E-state index in [1.165, 1.54) is 36.4 Å². The maximum atomic E-state index is 9.55. The molecule has 0 aliphatic rings. The molecule has 0 spiro atoms. The summed E-state index contributed by atoms with van der Waals surface area (Å²) < 4.78 is 16.8. The predicted octanol–water partition coefficient (Wildman–Crippen LogP) is 3.33. The number of benzene rings is 3. The summed E-state index contributed by atoms with van der Waals surface area (Å²) in [5.74, 6) is 1.07. The second-order valence-corrected chi connectivity index (χ2v) is 5.13. The van der Waals surface area contributed by atoms with Gasteiger partial charge in [-0.05, 0) is 36.4 Å². The molecular formula is C18H15BO6. The minimum absolute atomic E-state index is 0.0333. The average molecular weight is 338 g/mol. The van der Waals surface area contributed by atoms with Crippen molar-refractivity contribution in [1.29, 1.82) is 0 Å². The standard InChI is InChI=1S/C18H15BO6/c20-13-4-1-7-16(10-13)23-19(24-17-8-2-5-14(21)11-17)25-18-9-3-6-15(22)12-18/h1-12,20-22H. The van der Waals surface area contributed by atoms with Crippen LogP contribution in [0.5, 0.6) is 34.5 Å². The second kappa shape index (κ2) is 7.40. The van der Waals surface area contributed by atoms with Crippen LogP contribution in [0.4, 0.5) is 0 Å². The van der Waals surface area contributed by atoms with E-state index in [0.717, 1.165) is 0 Å². The van der Waals surface area contributed by atoms with Crippen LogP contribution in [0.1, 0.15) is 0 Å². The third-order valence-corrected chi connectivity index (χ3v) is 3.15. The summed E-state index contributed by atoms with van der Waals surface area (Å²) in [5, 5.41) is 28.7. The third kappa shape index (κ3) is 4.75. The van der Waals surface area contributed by atoms with Crippen LogP contribution in [0.25, 0.3) is 0 Å². The smallest absolute Gasteiger partial charge is 0.508 e. The summed E-state index contributed by atoms with van der Waals surface area (Å²) in [5.41, 5.74) is 0. The highest BCUT2D eigenvalue weighted by Gasteiger charge is 2.30. The molecule has 0 atom stereocenters. The lowest BCUT2D eigenvalue weighted by Gasteiger charge is -2.16. The Morgan fingerprint density at radius 1 is 0.520 bits per heavy atom. The van der Waals surface area contributed by atoms with Gasteiger partial charge in [-0.15, -0.1) is 0 Å². The van der Waals surface area contributed by atoms with Crippen molar-refractivity contribution in [2.75, 3.05) is 0 Å².